The molecule has 11 nitrogen and oxygen atoms in total. The number of hydrogen-bond donors (Lipinski definition) is 1. The maximum Gasteiger partial charge on any atom is 0.513 e. The predicted octanol–water partition coefficient (Wildman–Crippen LogP) is 4.32. The van der Waals surface area contributed by atoms with E-state index in [1.54, 1.807) is 13.0 Å². The standard InChI is InChI=1S/C26H39NO10/c1-6-9-18(4)22(28)33-15-12-26(27,23(29)32-5)17-19-10-11-20(36-24(30)34-13-7-2)21(16-19)37-25(31)35-14-8-3/h10-11,16,18H,6-9,12-15,17,27H2,1-5H3/t18?,26-/m1/s1. The number of rotatable bonds is 15. The van der Waals surface area contributed by atoms with Crippen LogP contribution in [0.25, 0.3) is 0 Å². The number of nitrogens with two attached hydrogens (primary N) is 1. The van der Waals surface area contributed by atoms with Crippen molar-refractivity contribution in [1.29, 1.82) is 0 Å². The first-order valence-corrected chi connectivity index (χ1v) is 12.5. The number of hydrogen-bond acceptors (Lipinski definition) is 11. The zero-order valence-electron chi connectivity index (χ0n) is 22.3. The Morgan fingerprint density at radius 2 is 1.46 bits per heavy atom. The Kier molecular flexibility index (Phi) is 14.1. The Morgan fingerprint density at radius 1 is 0.865 bits per heavy atom. The summed E-state index contributed by atoms with van der Waals surface area (Å²) in [7, 11) is 1.20. The van der Waals surface area contributed by atoms with Crippen LogP contribution < -0.4 is 15.2 Å². The monoisotopic (exact) mass is 525 g/mol. The highest BCUT2D eigenvalue weighted by atomic mass is 16.7. The lowest BCUT2D eigenvalue weighted by molar-refractivity contribution is -0.153. The van der Waals surface area contributed by atoms with Crippen LogP contribution in [0.5, 0.6) is 11.5 Å². The number of esters is 2. The summed E-state index contributed by atoms with van der Waals surface area (Å²) in [6.45, 7) is 7.60. The predicted molar refractivity (Wildman–Crippen MR) is 133 cm³/mol. The second-order valence-corrected chi connectivity index (χ2v) is 8.61. The number of ether oxygens (including phenoxy) is 6. The summed E-state index contributed by atoms with van der Waals surface area (Å²) in [4.78, 5) is 48.7. The van der Waals surface area contributed by atoms with Gasteiger partial charge in [0.1, 0.15) is 5.54 Å². The van der Waals surface area contributed by atoms with Crippen LogP contribution in [0, 0.1) is 5.92 Å². The minimum absolute atomic E-state index is 0.0133. The van der Waals surface area contributed by atoms with E-state index in [9.17, 15) is 19.2 Å². The Balaban J connectivity index is 3.11. The summed E-state index contributed by atoms with van der Waals surface area (Å²) in [5.74, 6) is -1.55. The minimum Gasteiger partial charge on any atom is -0.468 e. The van der Waals surface area contributed by atoms with Crippen LogP contribution in [0.4, 0.5) is 9.59 Å². The molecule has 0 aromatic heterocycles. The molecule has 11 heteroatoms. The molecule has 0 heterocycles. The Hall–Kier alpha value is -3.34. The first-order chi connectivity index (χ1) is 17.6. The molecule has 1 unspecified atom stereocenters. The van der Waals surface area contributed by atoms with Crippen LogP contribution in [0.3, 0.4) is 0 Å². The molecule has 0 aliphatic carbocycles. The average Bonchev–Trinajstić information content (AvgIpc) is 2.87. The van der Waals surface area contributed by atoms with Gasteiger partial charge in [0.05, 0.1) is 32.8 Å². The fourth-order valence-electron chi connectivity index (χ4n) is 3.29. The molecule has 2 N–H and O–H groups in total. The highest BCUT2D eigenvalue weighted by Crippen LogP contribution is 2.31. The number of carbonyl (C=O) groups excluding carboxylic acids is 4. The Bertz CT molecular complexity index is 903. The molecule has 0 aliphatic heterocycles. The van der Waals surface area contributed by atoms with Gasteiger partial charge < -0.3 is 34.2 Å². The van der Waals surface area contributed by atoms with Crippen LogP contribution in [0.2, 0.25) is 0 Å². The van der Waals surface area contributed by atoms with E-state index in [1.807, 2.05) is 20.8 Å². The number of benzene rings is 1. The molecule has 1 rings (SSSR count). The summed E-state index contributed by atoms with van der Waals surface area (Å²) in [5.41, 5.74) is 5.31. The molecule has 0 spiro atoms. The highest BCUT2D eigenvalue weighted by molar-refractivity contribution is 5.81. The number of carbonyl (C=O) groups is 4. The van der Waals surface area contributed by atoms with Gasteiger partial charge in [-0.3, -0.25) is 9.59 Å². The lowest BCUT2D eigenvalue weighted by atomic mass is 9.88. The summed E-state index contributed by atoms with van der Waals surface area (Å²) in [6.07, 6.45) is 0.676. The molecule has 0 aliphatic rings. The largest absolute Gasteiger partial charge is 0.513 e. The fraction of sp³-hybridized carbons (Fsp3) is 0.615. The Morgan fingerprint density at radius 3 is 2.00 bits per heavy atom. The molecule has 2 atom stereocenters. The molecule has 0 radical (unpaired) electrons. The van der Waals surface area contributed by atoms with Gasteiger partial charge >= 0.3 is 24.2 Å². The Labute approximate surface area is 217 Å². The van der Waals surface area contributed by atoms with Gasteiger partial charge in [-0.15, -0.1) is 0 Å². The molecule has 0 saturated heterocycles. The molecule has 0 saturated carbocycles. The zero-order chi connectivity index (χ0) is 27.8. The average molecular weight is 526 g/mol. The maximum atomic E-state index is 12.6. The van der Waals surface area contributed by atoms with E-state index in [1.165, 1.54) is 19.2 Å². The summed E-state index contributed by atoms with van der Waals surface area (Å²) in [6, 6.07) is 4.33. The molecule has 0 bridgehead atoms. The van der Waals surface area contributed by atoms with E-state index < -0.39 is 23.8 Å². The molecular weight excluding hydrogens is 486 g/mol. The molecular formula is C26H39NO10. The molecule has 0 amide bonds. The van der Waals surface area contributed by atoms with Crippen molar-refractivity contribution in [3.05, 3.63) is 23.8 Å². The summed E-state index contributed by atoms with van der Waals surface area (Å²) < 4.78 is 30.5. The minimum atomic E-state index is -1.55. The first kappa shape index (κ1) is 31.7. The van der Waals surface area contributed by atoms with Crippen molar-refractivity contribution in [2.75, 3.05) is 26.9 Å². The van der Waals surface area contributed by atoms with Gasteiger partial charge in [-0.2, -0.15) is 0 Å². The topological polar surface area (TPSA) is 150 Å². The van der Waals surface area contributed by atoms with Crippen LogP contribution in [0.15, 0.2) is 18.2 Å². The van der Waals surface area contributed by atoms with Gasteiger partial charge in [-0.1, -0.05) is 40.2 Å². The zero-order valence-corrected chi connectivity index (χ0v) is 22.3. The van der Waals surface area contributed by atoms with E-state index in [0.717, 1.165) is 6.42 Å². The SMILES string of the molecule is CCCOC(=O)Oc1ccc(C[C@](N)(CCOC(=O)C(C)CCC)C(=O)OC)cc1OC(=O)OCCC. The van der Waals surface area contributed by atoms with Gasteiger partial charge in [-0.25, -0.2) is 9.59 Å². The van der Waals surface area contributed by atoms with Crippen molar-refractivity contribution in [3.8, 4) is 11.5 Å². The fourth-order valence-corrected chi connectivity index (χ4v) is 3.29. The number of methoxy groups -OCH3 is 1. The van der Waals surface area contributed by atoms with Gasteiger partial charge in [0.2, 0.25) is 0 Å². The first-order valence-electron chi connectivity index (χ1n) is 12.5. The van der Waals surface area contributed by atoms with E-state index in [-0.39, 0.29) is 56.0 Å². The van der Waals surface area contributed by atoms with Crippen LogP contribution in [0.1, 0.15) is 65.4 Å². The van der Waals surface area contributed by atoms with Crippen LogP contribution in [-0.2, 0) is 35.0 Å². The van der Waals surface area contributed by atoms with Crippen molar-refractivity contribution in [2.45, 2.75) is 71.8 Å². The molecule has 1 aromatic carbocycles. The molecule has 208 valence electrons. The van der Waals surface area contributed by atoms with Gasteiger partial charge in [0.25, 0.3) is 0 Å². The van der Waals surface area contributed by atoms with Crippen LogP contribution in [-0.4, -0.2) is 56.7 Å². The normalized spacial score (nSPS) is 13.0. The third-order valence-electron chi connectivity index (χ3n) is 5.27. The van der Waals surface area contributed by atoms with Gasteiger partial charge in [-0.05, 0) is 37.0 Å². The van der Waals surface area contributed by atoms with Crippen LogP contribution >= 0.6 is 0 Å². The summed E-state index contributed by atoms with van der Waals surface area (Å²) >= 11 is 0. The van der Waals surface area contributed by atoms with Crippen molar-refractivity contribution >= 4 is 24.2 Å². The van der Waals surface area contributed by atoms with Crippen molar-refractivity contribution in [1.82, 2.24) is 0 Å². The molecule has 0 fully saturated rings. The van der Waals surface area contributed by atoms with Gasteiger partial charge in [0, 0.05) is 12.8 Å². The lowest BCUT2D eigenvalue weighted by Crippen LogP contribution is -2.51. The smallest absolute Gasteiger partial charge is 0.468 e. The quantitative estimate of drug-likeness (QED) is 0.198. The molecule has 37 heavy (non-hydrogen) atoms. The second-order valence-electron chi connectivity index (χ2n) is 8.61. The highest BCUT2D eigenvalue weighted by Gasteiger charge is 2.36. The van der Waals surface area contributed by atoms with Crippen molar-refractivity contribution in [2.24, 2.45) is 11.7 Å². The second kappa shape index (κ2) is 16.4. The maximum absolute atomic E-state index is 12.6. The van der Waals surface area contributed by atoms with Gasteiger partial charge in [0.15, 0.2) is 11.5 Å². The summed E-state index contributed by atoms with van der Waals surface area (Å²) in [5, 5.41) is 0. The third kappa shape index (κ3) is 11.1. The third-order valence-corrected chi connectivity index (χ3v) is 5.27. The lowest BCUT2D eigenvalue weighted by Gasteiger charge is -2.27. The van der Waals surface area contributed by atoms with E-state index in [2.05, 4.69) is 0 Å². The molecule has 1 aromatic rings. The van der Waals surface area contributed by atoms with Crippen molar-refractivity contribution < 1.29 is 47.6 Å². The van der Waals surface area contributed by atoms with E-state index >= 15 is 0 Å². The van der Waals surface area contributed by atoms with E-state index in [4.69, 9.17) is 34.2 Å². The van der Waals surface area contributed by atoms with E-state index in [0.29, 0.717) is 24.8 Å². The van der Waals surface area contributed by atoms with Crippen molar-refractivity contribution in [3.63, 3.8) is 0 Å².